The zero-order valence-electron chi connectivity index (χ0n) is 10.7. The van der Waals surface area contributed by atoms with Gasteiger partial charge in [-0.3, -0.25) is 0 Å². The lowest BCUT2D eigenvalue weighted by molar-refractivity contribution is 0.507. The molecule has 2 rings (SSSR count). The van der Waals surface area contributed by atoms with Crippen LogP contribution in [0.4, 0.5) is 8.78 Å². The van der Waals surface area contributed by atoms with E-state index < -0.39 is 11.6 Å². The maximum atomic E-state index is 13.0. The van der Waals surface area contributed by atoms with Crippen LogP contribution in [0.15, 0.2) is 29.8 Å². The predicted molar refractivity (Wildman–Crippen MR) is 69.5 cm³/mol. The molecule has 0 aliphatic heterocycles. The molecule has 0 spiro atoms. The second kappa shape index (κ2) is 6.10. The summed E-state index contributed by atoms with van der Waals surface area (Å²) in [6, 6.07) is 4.84. The number of hydrogen-bond acceptors (Lipinski definition) is 1. The van der Waals surface area contributed by atoms with Gasteiger partial charge in [0, 0.05) is 6.04 Å². The van der Waals surface area contributed by atoms with E-state index >= 15 is 0 Å². The number of allylic oxidation sites excluding steroid dienone is 1. The fourth-order valence-corrected chi connectivity index (χ4v) is 1.94. The summed E-state index contributed by atoms with van der Waals surface area (Å²) in [6.07, 6.45) is 6.44. The number of benzene rings is 1. The second-order valence-corrected chi connectivity index (χ2v) is 4.99. The van der Waals surface area contributed by atoms with Gasteiger partial charge in [0.15, 0.2) is 11.6 Å². The van der Waals surface area contributed by atoms with E-state index in [1.807, 2.05) is 6.92 Å². The Balaban J connectivity index is 1.79. The topological polar surface area (TPSA) is 12.0 Å². The van der Waals surface area contributed by atoms with Gasteiger partial charge in [-0.2, -0.15) is 0 Å². The van der Waals surface area contributed by atoms with Crippen LogP contribution in [0.2, 0.25) is 0 Å². The maximum absolute atomic E-state index is 13.0. The highest BCUT2D eigenvalue weighted by Crippen LogP contribution is 2.18. The monoisotopic (exact) mass is 251 g/mol. The molecule has 3 heteroatoms. The van der Waals surface area contributed by atoms with E-state index in [-0.39, 0.29) is 0 Å². The van der Waals surface area contributed by atoms with Gasteiger partial charge in [0.2, 0.25) is 0 Å². The quantitative estimate of drug-likeness (QED) is 0.601. The van der Waals surface area contributed by atoms with Gasteiger partial charge >= 0.3 is 0 Å². The maximum Gasteiger partial charge on any atom is 0.159 e. The minimum Gasteiger partial charge on any atom is -0.314 e. The molecule has 0 radical (unpaired) electrons. The summed E-state index contributed by atoms with van der Waals surface area (Å²) in [6.45, 7) is 3.03. The van der Waals surface area contributed by atoms with Crippen LogP contribution in [-0.2, 0) is 6.42 Å². The van der Waals surface area contributed by atoms with Crippen LogP contribution in [0.5, 0.6) is 0 Å². The third kappa shape index (κ3) is 4.22. The molecule has 1 aromatic carbocycles. The molecule has 1 saturated carbocycles. The summed E-state index contributed by atoms with van der Waals surface area (Å²) < 4.78 is 25.8. The van der Waals surface area contributed by atoms with E-state index in [1.165, 1.54) is 30.5 Å². The highest BCUT2D eigenvalue weighted by Gasteiger charge is 2.19. The summed E-state index contributed by atoms with van der Waals surface area (Å²) in [4.78, 5) is 0. The first-order valence-corrected chi connectivity index (χ1v) is 6.48. The Morgan fingerprint density at radius 1 is 1.33 bits per heavy atom. The van der Waals surface area contributed by atoms with Crippen molar-refractivity contribution in [3.63, 3.8) is 0 Å². The van der Waals surface area contributed by atoms with Crippen molar-refractivity contribution < 1.29 is 8.78 Å². The Bertz CT molecular complexity index is 436. The van der Waals surface area contributed by atoms with Crippen molar-refractivity contribution in [2.75, 3.05) is 6.54 Å². The molecule has 0 saturated heterocycles. The number of hydrogen-bond donors (Lipinski definition) is 1. The molecule has 18 heavy (non-hydrogen) atoms. The minimum absolute atomic E-state index is 0.681. The zero-order valence-corrected chi connectivity index (χ0v) is 10.7. The average Bonchev–Trinajstić information content (AvgIpc) is 3.14. The fourth-order valence-electron chi connectivity index (χ4n) is 1.94. The molecule has 1 aromatic rings. The molecule has 0 bridgehead atoms. The van der Waals surface area contributed by atoms with E-state index in [9.17, 15) is 8.78 Å². The van der Waals surface area contributed by atoms with Crippen molar-refractivity contribution in [1.82, 2.24) is 5.32 Å². The summed E-state index contributed by atoms with van der Waals surface area (Å²) in [7, 11) is 0. The van der Waals surface area contributed by atoms with Crippen molar-refractivity contribution in [3.8, 4) is 0 Å². The summed E-state index contributed by atoms with van der Waals surface area (Å²) in [5.74, 6) is -1.55. The van der Waals surface area contributed by atoms with Crippen LogP contribution in [0.1, 0.15) is 31.7 Å². The lowest BCUT2D eigenvalue weighted by Crippen LogP contribution is -2.16. The van der Waals surface area contributed by atoms with Gasteiger partial charge in [-0.25, -0.2) is 8.78 Å². The second-order valence-electron chi connectivity index (χ2n) is 4.99. The van der Waals surface area contributed by atoms with Crippen LogP contribution < -0.4 is 5.32 Å². The van der Waals surface area contributed by atoms with Gasteiger partial charge in [0.25, 0.3) is 0 Å². The third-order valence-corrected chi connectivity index (χ3v) is 3.11. The van der Waals surface area contributed by atoms with E-state index in [1.54, 1.807) is 6.07 Å². The lowest BCUT2D eigenvalue weighted by Gasteiger charge is -2.04. The minimum atomic E-state index is -0.783. The van der Waals surface area contributed by atoms with E-state index in [0.717, 1.165) is 24.6 Å². The van der Waals surface area contributed by atoms with E-state index in [2.05, 4.69) is 11.4 Å². The summed E-state index contributed by atoms with van der Waals surface area (Å²) in [5.41, 5.74) is 2.01. The average molecular weight is 251 g/mol. The Labute approximate surface area is 107 Å². The van der Waals surface area contributed by atoms with Gasteiger partial charge in [-0.15, -0.1) is 0 Å². The van der Waals surface area contributed by atoms with Crippen molar-refractivity contribution >= 4 is 0 Å². The molecule has 1 N–H and O–H groups in total. The Morgan fingerprint density at radius 2 is 2.11 bits per heavy atom. The van der Waals surface area contributed by atoms with Crippen molar-refractivity contribution in [3.05, 3.63) is 47.0 Å². The van der Waals surface area contributed by atoms with Crippen LogP contribution >= 0.6 is 0 Å². The Kier molecular flexibility index (Phi) is 4.48. The molecule has 0 atom stereocenters. The Morgan fingerprint density at radius 3 is 2.78 bits per heavy atom. The molecule has 0 amide bonds. The molecule has 0 aromatic heterocycles. The summed E-state index contributed by atoms with van der Waals surface area (Å²) >= 11 is 0. The zero-order chi connectivity index (χ0) is 13.0. The van der Waals surface area contributed by atoms with Gasteiger partial charge in [0.1, 0.15) is 0 Å². The van der Waals surface area contributed by atoms with Gasteiger partial charge in [0.05, 0.1) is 0 Å². The van der Waals surface area contributed by atoms with Crippen molar-refractivity contribution in [1.29, 1.82) is 0 Å². The molecular weight excluding hydrogens is 232 g/mol. The normalized spacial score (nSPS) is 16.1. The molecule has 1 fully saturated rings. The number of nitrogens with one attached hydrogen (secondary N) is 1. The van der Waals surface area contributed by atoms with Crippen LogP contribution in [0, 0.1) is 11.6 Å². The standard InChI is InChI=1S/C15H19F2N/c1-11(3-2-8-18-13-5-6-13)9-12-4-7-14(16)15(17)10-12/h3-4,7,10,13,18H,2,5-6,8-9H2,1H3/b11-3-. The SMILES string of the molecule is C/C(=C/CCNC1CC1)Cc1ccc(F)c(F)c1. The molecule has 0 unspecified atom stereocenters. The highest BCUT2D eigenvalue weighted by atomic mass is 19.2. The predicted octanol–water partition coefficient (Wildman–Crippen LogP) is 3.60. The number of halogens is 2. The number of rotatable bonds is 6. The molecular formula is C15H19F2N. The largest absolute Gasteiger partial charge is 0.314 e. The fraction of sp³-hybridized carbons (Fsp3) is 0.467. The van der Waals surface area contributed by atoms with Crippen LogP contribution in [0.25, 0.3) is 0 Å². The van der Waals surface area contributed by atoms with E-state index in [4.69, 9.17) is 0 Å². The third-order valence-electron chi connectivity index (χ3n) is 3.11. The van der Waals surface area contributed by atoms with E-state index in [0.29, 0.717) is 6.42 Å². The Hall–Kier alpha value is -1.22. The van der Waals surface area contributed by atoms with Gasteiger partial charge in [-0.05, 0) is 56.8 Å². The highest BCUT2D eigenvalue weighted by molar-refractivity contribution is 5.22. The van der Waals surface area contributed by atoms with Crippen LogP contribution in [0.3, 0.4) is 0 Å². The lowest BCUT2D eigenvalue weighted by atomic mass is 10.1. The van der Waals surface area contributed by atoms with Crippen molar-refractivity contribution in [2.45, 2.75) is 38.6 Å². The first-order chi connectivity index (χ1) is 8.65. The first kappa shape index (κ1) is 13.2. The molecule has 1 aliphatic rings. The summed E-state index contributed by atoms with van der Waals surface area (Å²) in [5, 5.41) is 3.44. The van der Waals surface area contributed by atoms with Crippen LogP contribution in [-0.4, -0.2) is 12.6 Å². The van der Waals surface area contributed by atoms with Gasteiger partial charge < -0.3 is 5.32 Å². The molecule has 1 nitrogen and oxygen atoms in total. The molecule has 0 heterocycles. The van der Waals surface area contributed by atoms with Gasteiger partial charge in [-0.1, -0.05) is 17.7 Å². The first-order valence-electron chi connectivity index (χ1n) is 6.48. The molecule has 1 aliphatic carbocycles. The molecule has 98 valence electrons. The van der Waals surface area contributed by atoms with Crippen molar-refractivity contribution in [2.24, 2.45) is 0 Å². The smallest absolute Gasteiger partial charge is 0.159 e.